The molecular formula is C21H30N6O2. The molecule has 1 amide bonds. The summed E-state index contributed by atoms with van der Waals surface area (Å²) < 4.78 is 0. The van der Waals surface area contributed by atoms with E-state index < -0.39 is 0 Å². The number of hydrogen-bond acceptors (Lipinski definition) is 6. The van der Waals surface area contributed by atoms with Crippen LogP contribution in [0.25, 0.3) is 0 Å². The summed E-state index contributed by atoms with van der Waals surface area (Å²) in [6.45, 7) is 8.84. The van der Waals surface area contributed by atoms with Gasteiger partial charge in [-0.3, -0.25) is 9.59 Å². The molecule has 1 atom stereocenters. The smallest absolute Gasteiger partial charge is 0.270 e. The van der Waals surface area contributed by atoms with E-state index in [1.165, 1.54) is 0 Å². The molecule has 3 heterocycles. The molecule has 3 rings (SSSR count). The standard InChI is InChI=1S/C21H30N6O2/c1-12-10-13(2)23-19(28)16(12)11-22-20(29)17-15(4)18(25-21(24-17)26(5)6)27-9-7-8-14(27)3/h10,14H,7-9,11H2,1-6H3,(H,22,29)(H,23,28)/t14-/m0/s1. The highest BCUT2D eigenvalue weighted by Crippen LogP contribution is 2.29. The Morgan fingerprint density at radius 1 is 1.31 bits per heavy atom. The molecule has 2 aromatic heterocycles. The largest absolute Gasteiger partial charge is 0.354 e. The highest BCUT2D eigenvalue weighted by atomic mass is 16.2. The van der Waals surface area contributed by atoms with Crippen molar-refractivity contribution >= 4 is 17.7 Å². The maximum Gasteiger partial charge on any atom is 0.270 e. The lowest BCUT2D eigenvalue weighted by atomic mass is 10.1. The first kappa shape index (κ1) is 20.8. The highest BCUT2D eigenvalue weighted by molar-refractivity contribution is 5.95. The molecule has 2 aromatic rings. The van der Waals surface area contributed by atoms with E-state index in [2.05, 4.69) is 27.1 Å². The van der Waals surface area contributed by atoms with Gasteiger partial charge >= 0.3 is 0 Å². The summed E-state index contributed by atoms with van der Waals surface area (Å²) in [6, 6.07) is 2.28. The van der Waals surface area contributed by atoms with Gasteiger partial charge in [-0.2, -0.15) is 4.98 Å². The van der Waals surface area contributed by atoms with Gasteiger partial charge in [-0.15, -0.1) is 0 Å². The number of amides is 1. The van der Waals surface area contributed by atoms with Crippen LogP contribution in [-0.2, 0) is 6.54 Å². The predicted molar refractivity (Wildman–Crippen MR) is 115 cm³/mol. The molecule has 0 unspecified atom stereocenters. The van der Waals surface area contributed by atoms with Crippen LogP contribution in [0.1, 0.15) is 52.6 Å². The van der Waals surface area contributed by atoms with E-state index in [-0.39, 0.29) is 18.0 Å². The van der Waals surface area contributed by atoms with Crippen molar-refractivity contribution in [2.75, 3.05) is 30.4 Å². The third kappa shape index (κ3) is 4.26. The number of anilines is 2. The fourth-order valence-electron chi connectivity index (χ4n) is 3.80. The van der Waals surface area contributed by atoms with Gasteiger partial charge in [-0.25, -0.2) is 4.98 Å². The molecule has 0 saturated carbocycles. The van der Waals surface area contributed by atoms with Gasteiger partial charge in [0.1, 0.15) is 11.5 Å². The summed E-state index contributed by atoms with van der Waals surface area (Å²) in [7, 11) is 3.72. The molecule has 1 saturated heterocycles. The Bertz CT molecular complexity index is 982. The number of aromatic amines is 1. The van der Waals surface area contributed by atoms with Crippen LogP contribution in [0.3, 0.4) is 0 Å². The van der Waals surface area contributed by atoms with Crippen LogP contribution in [0.5, 0.6) is 0 Å². The van der Waals surface area contributed by atoms with Gasteiger partial charge in [-0.05, 0) is 52.2 Å². The van der Waals surface area contributed by atoms with E-state index >= 15 is 0 Å². The van der Waals surface area contributed by atoms with Crippen molar-refractivity contribution in [3.05, 3.63) is 44.5 Å². The van der Waals surface area contributed by atoms with Crippen molar-refractivity contribution in [1.82, 2.24) is 20.3 Å². The molecule has 1 aliphatic heterocycles. The van der Waals surface area contributed by atoms with Crippen LogP contribution in [0, 0.1) is 20.8 Å². The number of pyridine rings is 1. The van der Waals surface area contributed by atoms with E-state index in [1.54, 1.807) is 4.90 Å². The van der Waals surface area contributed by atoms with Gasteiger partial charge in [0.2, 0.25) is 5.95 Å². The van der Waals surface area contributed by atoms with Gasteiger partial charge in [0, 0.05) is 50.0 Å². The molecule has 0 aromatic carbocycles. The van der Waals surface area contributed by atoms with E-state index in [0.29, 0.717) is 23.2 Å². The summed E-state index contributed by atoms with van der Waals surface area (Å²) in [5, 5.41) is 2.87. The quantitative estimate of drug-likeness (QED) is 0.801. The first-order chi connectivity index (χ1) is 13.7. The van der Waals surface area contributed by atoms with E-state index in [4.69, 9.17) is 4.98 Å². The van der Waals surface area contributed by atoms with Crippen LogP contribution >= 0.6 is 0 Å². The van der Waals surface area contributed by atoms with Crippen molar-refractivity contribution in [3.8, 4) is 0 Å². The van der Waals surface area contributed by atoms with E-state index in [0.717, 1.165) is 42.0 Å². The molecule has 156 valence electrons. The first-order valence-electron chi connectivity index (χ1n) is 9.99. The predicted octanol–water partition coefficient (Wildman–Crippen LogP) is 2.07. The zero-order valence-electron chi connectivity index (χ0n) is 18.1. The maximum absolute atomic E-state index is 13.0. The average Bonchev–Trinajstić information content (AvgIpc) is 3.06. The minimum absolute atomic E-state index is 0.149. The zero-order chi connectivity index (χ0) is 21.3. The monoisotopic (exact) mass is 398 g/mol. The number of rotatable bonds is 5. The summed E-state index contributed by atoms with van der Waals surface area (Å²) in [6.07, 6.45) is 2.22. The summed E-state index contributed by atoms with van der Waals surface area (Å²) in [4.78, 5) is 41.3. The van der Waals surface area contributed by atoms with E-state index in [9.17, 15) is 9.59 Å². The molecule has 1 fully saturated rings. The van der Waals surface area contributed by atoms with Crippen LogP contribution in [0.15, 0.2) is 10.9 Å². The Labute approximate surface area is 171 Å². The molecule has 8 heteroatoms. The molecule has 0 bridgehead atoms. The molecule has 29 heavy (non-hydrogen) atoms. The van der Waals surface area contributed by atoms with Crippen LogP contribution in [0.4, 0.5) is 11.8 Å². The minimum atomic E-state index is -0.305. The number of nitrogens with one attached hydrogen (secondary N) is 2. The van der Waals surface area contributed by atoms with Crippen molar-refractivity contribution < 1.29 is 4.79 Å². The fraction of sp³-hybridized carbons (Fsp3) is 0.524. The topological polar surface area (TPSA) is 94.2 Å². The Morgan fingerprint density at radius 2 is 2.03 bits per heavy atom. The zero-order valence-corrected chi connectivity index (χ0v) is 18.1. The lowest BCUT2D eigenvalue weighted by Gasteiger charge is -2.26. The lowest BCUT2D eigenvalue weighted by Crippen LogP contribution is -2.32. The molecule has 1 aliphatic rings. The highest BCUT2D eigenvalue weighted by Gasteiger charge is 2.27. The normalized spacial score (nSPS) is 16.2. The molecule has 0 aliphatic carbocycles. The van der Waals surface area contributed by atoms with Crippen molar-refractivity contribution in [3.63, 3.8) is 0 Å². The average molecular weight is 399 g/mol. The number of carbonyl (C=O) groups is 1. The van der Waals surface area contributed by atoms with Gasteiger partial charge < -0.3 is 20.1 Å². The second-order valence-corrected chi connectivity index (χ2v) is 8.03. The van der Waals surface area contributed by atoms with Crippen molar-refractivity contribution in [1.29, 1.82) is 0 Å². The third-order valence-corrected chi connectivity index (χ3v) is 5.47. The number of aryl methyl sites for hydroxylation is 2. The fourth-order valence-corrected chi connectivity index (χ4v) is 3.80. The second-order valence-electron chi connectivity index (χ2n) is 8.03. The molecular weight excluding hydrogens is 368 g/mol. The van der Waals surface area contributed by atoms with Crippen LogP contribution in [-0.4, -0.2) is 47.5 Å². The summed E-state index contributed by atoms with van der Waals surface area (Å²) >= 11 is 0. The van der Waals surface area contributed by atoms with Crippen molar-refractivity contribution in [2.45, 2.75) is 53.1 Å². The molecule has 0 radical (unpaired) electrons. The van der Waals surface area contributed by atoms with Crippen LogP contribution in [0.2, 0.25) is 0 Å². The van der Waals surface area contributed by atoms with Gasteiger partial charge in [0.25, 0.3) is 11.5 Å². The number of H-pyrrole nitrogens is 1. The second kappa shape index (κ2) is 8.23. The number of nitrogens with zero attached hydrogens (tertiary/aromatic N) is 4. The number of hydrogen-bond donors (Lipinski definition) is 2. The minimum Gasteiger partial charge on any atom is -0.354 e. The van der Waals surface area contributed by atoms with Gasteiger partial charge in [-0.1, -0.05) is 0 Å². The first-order valence-corrected chi connectivity index (χ1v) is 9.99. The Balaban J connectivity index is 1.92. The molecule has 8 nitrogen and oxygen atoms in total. The van der Waals surface area contributed by atoms with Crippen LogP contribution < -0.4 is 20.7 Å². The molecule has 0 spiro atoms. The van der Waals surface area contributed by atoms with Gasteiger partial charge in [0.15, 0.2) is 0 Å². The SMILES string of the molecule is Cc1cc(C)c(CNC(=O)c2nc(N(C)C)nc(N3CCC[C@@H]3C)c2C)c(=O)[nH]1. The Morgan fingerprint density at radius 3 is 2.62 bits per heavy atom. The van der Waals surface area contributed by atoms with Gasteiger partial charge in [0.05, 0.1) is 0 Å². The number of aromatic nitrogens is 3. The van der Waals surface area contributed by atoms with E-state index in [1.807, 2.05) is 40.9 Å². The maximum atomic E-state index is 13.0. The van der Waals surface area contributed by atoms with Crippen molar-refractivity contribution in [2.24, 2.45) is 0 Å². The third-order valence-electron chi connectivity index (χ3n) is 5.47. The summed E-state index contributed by atoms with van der Waals surface area (Å²) in [5.41, 5.74) is 3.13. The number of carbonyl (C=O) groups excluding carboxylic acids is 1. The Hall–Kier alpha value is -2.90. The summed E-state index contributed by atoms with van der Waals surface area (Å²) in [5.74, 6) is 1.00. The Kier molecular flexibility index (Phi) is 5.91. The lowest BCUT2D eigenvalue weighted by molar-refractivity contribution is 0.0945. The molecule has 2 N–H and O–H groups in total.